The number of Topliss-reactive ketones (excluding diaryl/α,β-unsaturated/α-hetero) is 1. The van der Waals surface area contributed by atoms with Crippen molar-refractivity contribution in [2.45, 2.75) is 124 Å². The van der Waals surface area contributed by atoms with E-state index in [2.05, 4.69) is 55.4 Å². The van der Waals surface area contributed by atoms with Crippen LogP contribution in [0.25, 0.3) is 0 Å². The molecular formula is C23H46O2Si. The Morgan fingerprint density at radius 3 is 2.23 bits per heavy atom. The quantitative estimate of drug-likeness (QED) is 0.348. The summed E-state index contributed by atoms with van der Waals surface area (Å²) in [6.45, 7) is 18.7. The van der Waals surface area contributed by atoms with Crippen LogP contribution in [0.15, 0.2) is 0 Å². The first-order valence-electron chi connectivity index (χ1n) is 11.2. The normalized spacial score (nSPS) is 24.5. The smallest absolute Gasteiger partial charge is 0.192 e. The first kappa shape index (κ1) is 23.9. The summed E-state index contributed by atoms with van der Waals surface area (Å²) in [4.78, 5) is 12.0. The van der Waals surface area contributed by atoms with Gasteiger partial charge in [0.1, 0.15) is 5.78 Å². The van der Waals surface area contributed by atoms with E-state index >= 15 is 0 Å². The monoisotopic (exact) mass is 382 g/mol. The van der Waals surface area contributed by atoms with Crippen molar-refractivity contribution in [2.24, 2.45) is 17.3 Å². The lowest BCUT2D eigenvalue weighted by atomic mass is 9.63. The molecule has 1 aliphatic carbocycles. The maximum atomic E-state index is 12.0. The second kappa shape index (κ2) is 9.86. The van der Waals surface area contributed by atoms with Crippen molar-refractivity contribution < 1.29 is 9.22 Å². The molecule has 1 fully saturated rings. The predicted octanol–water partition coefficient (Wildman–Crippen LogP) is 7.38. The second-order valence-electron chi connectivity index (χ2n) is 9.99. The Kier molecular flexibility index (Phi) is 9.06. The Morgan fingerprint density at radius 2 is 1.73 bits per heavy atom. The summed E-state index contributed by atoms with van der Waals surface area (Å²) in [7, 11) is -1.54. The van der Waals surface area contributed by atoms with Gasteiger partial charge >= 0.3 is 0 Å². The van der Waals surface area contributed by atoms with Crippen molar-refractivity contribution in [2.75, 3.05) is 0 Å². The Balaban J connectivity index is 2.53. The Bertz CT molecular complexity index is 433. The third kappa shape index (κ3) is 6.47. The van der Waals surface area contributed by atoms with Crippen molar-refractivity contribution in [3.63, 3.8) is 0 Å². The van der Waals surface area contributed by atoms with Crippen molar-refractivity contribution >= 4 is 14.1 Å². The Labute approximate surface area is 165 Å². The molecule has 0 heterocycles. The fourth-order valence-electron chi connectivity index (χ4n) is 5.10. The highest BCUT2D eigenvalue weighted by Gasteiger charge is 2.39. The van der Waals surface area contributed by atoms with E-state index in [1.54, 1.807) is 0 Å². The Morgan fingerprint density at radius 1 is 1.15 bits per heavy atom. The molecule has 2 nitrogen and oxygen atoms in total. The highest BCUT2D eigenvalue weighted by molar-refractivity contribution is 6.73. The van der Waals surface area contributed by atoms with Gasteiger partial charge in [0.05, 0.1) is 5.60 Å². The van der Waals surface area contributed by atoms with Gasteiger partial charge < -0.3 is 4.43 Å². The zero-order valence-electron chi connectivity index (χ0n) is 19.0. The van der Waals surface area contributed by atoms with Gasteiger partial charge in [0.15, 0.2) is 8.32 Å². The summed E-state index contributed by atoms with van der Waals surface area (Å²) in [5, 5.41) is 0. The molecule has 0 bridgehead atoms. The maximum absolute atomic E-state index is 12.0. The van der Waals surface area contributed by atoms with Crippen molar-refractivity contribution in [3.8, 4) is 0 Å². The van der Waals surface area contributed by atoms with Gasteiger partial charge in [0.25, 0.3) is 0 Å². The Hall–Kier alpha value is -0.153. The molecule has 0 spiro atoms. The van der Waals surface area contributed by atoms with E-state index in [0.29, 0.717) is 17.6 Å². The molecule has 0 aliphatic heterocycles. The number of hydrogen-bond donors (Lipinski definition) is 0. The molecule has 1 aliphatic rings. The highest BCUT2D eigenvalue weighted by atomic mass is 28.4. The topological polar surface area (TPSA) is 26.3 Å². The SMILES string of the molecule is CC[Si](CC)(CC)OC(C)(C)CCC[C@H](C)[C@H](C)[C@@]1(C)CCCC(=O)C1. The van der Waals surface area contributed by atoms with Crippen molar-refractivity contribution in [3.05, 3.63) is 0 Å². The van der Waals surface area contributed by atoms with E-state index in [4.69, 9.17) is 4.43 Å². The van der Waals surface area contributed by atoms with Gasteiger partial charge in [-0.05, 0) is 68.5 Å². The fraction of sp³-hybridized carbons (Fsp3) is 0.957. The van der Waals surface area contributed by atoms with Gasteiger partial charge in [-0.2, -0.15) is 0 Å². The molecule has 154 valence electrons. The van der Waals surface area contributed by atoms with Crippen LogP contribution in [0.1, 0.15) is 100 Å². The molecule has 0 aromatic carbocycles. The number of ketones is 1. The van der Waals surface area contributed by atoms with Gasteiger partial charge in [-0.1, -0.05) is 54.4 Å². The largest absolute Gasteiger partial charge is 0.412 e. The lowest BCUT2D eigenvalue weighted by Gasteiger charge is -2.42. The summed E-state index contributed by atoms with van der Waals surface area (Å²) in [5.74, 6) is 1.77. The number of rotatable bonds is 11. The van der Waals surface area contributed by atoms with Crippen LogP contribution in [0.4, 0.5) is 0 Å². The lowest BCUT2D eigenvalue weighted by Crippen LogP contribution is -2.44. The third-order valence-electron chi connectivity index (χ3n) is 7.62. The van der Waals surface area contributed by atoms with Crippen LogP contribution in [-0.2, 0) is 9.22 Å². The molecule has 0 unspecified atom stereocenters. The van der Waals surface area contributed by atoms with Crippen molar-refractivity contribution in [1.82, 2.24) is 0 Å². The van der Waals surface area contributed by atoms with E-state index in [0.717, 1.165) is 25.7 Å². The molecule has 0 saturated heterocycles. The zero-order chi connectivity index (χ0) is 20.0. The average molecular weight is 383 g/mol. The molecule has 0 amide bonds. The molecule has 0 aromatic rings. The minimum absolute atomic E-state index is 0.00190. The van der Waals surface area contributed by atoms with Gasteiger partial charge in [-0.3, -0.25) is 4.79 Å². The van der Waals surface area contributed by atoms with E-state index in [1.165, 1.54) is 37.4 Å². The van der Waals surface area contributed by atoms with Gasteiger partial charge in [-0.15, -0.1) is 0 Å². The van der Waals surface area contributed by atoms with Crippen LogP contribution in [-0.4, -0.2) is 19.7 Å². The average Bonchev–Trinajstić information content (AvgIpc) is 2.58. The standard InChI is InChI=1S/C23H46O2Si/c1-9-26(10-2,11-3)25-22(6,7)16-12-14-19(4)20(5)23(8)17-13-15-21(24)18-23/h19-20H,9-18H2,1-8H3/t19-,20-,23-/m0/s1. The highest BCUT2D eigenvalue weighted by Crippen LogP contribution is 2.45. The van der Waals surface area contributed by atoms with E-state index < -0.39 is 8.32 Å². The first-order chi connectivity index (χ1) is 12.0. The maximum Gasteiger partial charge on any atom is 0.192 e. The molecule has 0 radical (unpaired) electrons. The van der Waals surface area contributed by atoms with E-state index in [9.17, 15) is 4.79 Å². The molecule has 3 atom stereocenters. The second-order valence-corrected chi connectivity index (χ2v) is 14.7. The van der Waals surface area contributed by atoms with Gasteiger partial charge in [0, 0.05) is 12.8 Å². The van der Waals surface area contributed by atoms with Crippen LogP contribution < -0.4 is 0 Å². The molecule has 0 aromatic heterocycles. The summed E-state index contributed by atoms with van der Waals surface area (Å²) in [6.07, 6.45) is 7.53. The van der Waals surface area contributed by atoms with Crippen LogP contribution in [0.2, 0.25) is 18.1 Å². The summed E-state index contributed by atoms with van der Waals surface area (Å²) >= 11 is 0. The molecule has 1 saturated carbocycles. The predicted molar refractivity (Wildman–Crippen MR) is 116 cm³/mol. The molecular weight excluding hydrogens is 336 g/mol. The molecule has 0 N–H and O–H groups in total. The van der Waals surface area contributed by atoms with Crippen LogP contribution in [0.5, 0.6) is 0 Å². The third-order valence-corrected chi connectivity index (χ3v) is 12.5. The summed E-state index contributed by atoms with van der Waals surface area (Å²) < 4.78 is 6.76. The first-order valence-corrected chi connectivity index (χ1v) is 13.8. The lowest BCUT2D eigenvalue weighted by molar-refractivity contribution is -0.125. The van der Waals surface area contributed by atoms with Gasteiger partial charge in [0.2, 0.25) is 0 Å². The minimum Gasteiger partial charge on any atom is -0.412 e. The van der Waals surface area contributed by atoms with Gasteiger partial charge in [-0.25, -0.2) is 0 Å². The molecule has 3 heteroatoms. The molecule has 26 heavy (non-hydrogen) atoms. The number of carbonyl (C=O) groups excluding carboxylic acids is 1. The summed E-state index contributed by atoms with van der Waals surface area (Å²) in [5.41, 5.74) is 0.220. The summed E-state index contributed by atoms with van der Waals surface area (Å²) in [6, 6.07) is 3.68. The zero-order valence-corrected chi connectivity index (χ0v) is 20.0. The van der Waals surface area contributed by atoms with Crippen LogP contribution >= 0.6 is 0 Å². The van der Waals surface area contributed by atoms with Crippen molar-refractivity contribution in [1.29, 1.82) is 0 Å². The van der Waals surface area contributed by atoms with E-state index in [1.807, 2.05) is 0 Å². The van der Waals surface area contributed by atoms with Crippen LogP contribution in [0.3, 0.4) is 0 Å². The van der Waals surface area contributed by atoms with E-state index in [-0.39, 0.29) is 11.0 Å². The minimum atomic E-state index is -1.54. The van der Waals surface area contributed by atoms with Crippen LogP contribution in [0, 0.1) is 17.3 Å². The molecule has 1 rings (SSSR count). The number of hydrogen-bond acceptors (Lipinski definition) is 2. The number of carbonyl (C=O) groups is 1. The fourth-order valence-corrected chi connectivity index (χ4v) is 8.30.